The van der Waals surface area contributed by atoms with E-state index in [2.05, 4.69) is 12.2 Å². The SMILES string of the molecule is CCCCCCCCC(=O)N(CC(=O)Nc1cc(-c2ccccc2)nn1-c1ccccc1)Cc1ccco1. The summed E-state index contributed by atoms with van der Waals surface area (Å²) in [7, 11) is 0. The van der Waals surface area contributed by atoms with Crippen molar-refractivity contribution in [1.82, 2.24) is 14.7 Å². The number of benzene rings is 2. The number of carbonyl (C=O) groups excluding carboxylic acids is 2. The van der Waals surface area contributed by atoms with Crippen LogP contribution in [0.4, 0.5) is 5.82 Å². The first kappa shape index (κ1) is 26.9. The molecule has 0 unspecified atom stereocenters. The lowest BCUT2D eigenvalue weighted by atomic mass is 10.1. The summed E-state index contributed by atoms with van der Waals surface area (Å²) in [5.74, 6) is 0.856. The number of nitrogens with one attached hydrogen (secondary N) is 1. The van der Waals surface area contributed by atoms with E-state index in [0.717, 1.165) is 36.2 Å². The highest BCUT2D eigenvalue weighted by molar-refractivity contribution is 5.94. The predicted octanol–water partition coefficient (Wildman–Crippen LogP) is 6.85. The molecule has 0 bridgehead atoms. The lowest BCUT2D eigenvalue weighted by molar-refractivity contribution is -0.135. The maximum Gasteiger partial charge on any atom is 0.245 e. The van der Waals surface area contributed by atoms with Crippen LogP contribution in [-0.4, -0.2) is 33.0 Å². The molecule has 38 heavy (non-hydrogen) atoms. The third kappa shape index (κ3) is 7.68. The van der Waals surface area contributed by atoms with Gasteiger partial charge in [-0.2, -0.15) is 5.10 Å². The van der Waals surface area contributed by atoms with Crippen molar-refractivity contribution in [1.29, 1.82) is 0 Å². The van der Waals surface area contributed by atoms with Gasteiger partial charge in [-0.3, -0.25) is 9.59 Å². The quantitative estimate of drug-likeness (QED) is 0.187. The van der Waals surface area contributed by atoms with Crippen molar-refractivity contribution in [2.45, 2.75) is 58.4 Å². The molecule has 2 heterocycles. The molecule has 0 saturated heterocycles. The minimum atomic E-state index is -0.287. The fourth-order valence-electron chi connectivity index (χ4n) is 4.38. The largest absolute Gasteiger partial charge is 0.467 e. The molecule has 7 heteroatoms. The smallest absolute Gasteiger partial charge is 0.245 e. The maximum absolute atomic E-state index is 13.3. The Morgan fingerprint density at radius 3 is 2.32 bits per heavy atom. The summed E-state index contributed by atoms with van der Waals surface area (Å²) in [5, 5.41) is 7.75. The second-order valence-corrected chi connectivity index (χ2v) is 9.42. The number of amides is 2. The Morgan fingerprint density at radius 2 is 1.61 bits per heavy atom. The molecule has 0 aliphatic carbocycles. The Hall–Kier alpha value is -4.13. The molecule has 2 aromatic heterocycles. The van der Waals surface area contributed by atoms with E-state index in [-0.39, 0.29) is 24.9 Å². The Kier molecular flexibility index (Phi) is 9.90. The van der Waals surface area contributed by atoms with Crippen molar-refractivity contribution in [3.05, 3.63) is 90.9 Å². The zero-order chi connectivity index (χ0) is 26.6. The number of furan rings is 1. The van der Waals surface area contributed by atoms with Crippen molar-refractivity contribution >= 4 is 17.6 Å². The molecular weight excluding hydrogens is 476 g/mol. The van der Waals surface area contributed by atoms with Gasteiger partial charge < -0.3 is 14.6 Å². The summed E-state index contributed by atoms with van der Waals surface area (Å²) in [4.78, 5) is 27.9. The first-order valence-corrected chi connectivity index (χ1v) is 13.4. The number of carbonyl (C=O) groups is 2. The molecule has 198 valence electrons. The van der Waals surface area contributed by atoms with Crippen LogP contribution < -0.4 is 5.32 Å². The lowest BCUT2D eigenvalue weighted by Crippen LogP contribution is -2.37. The van der Waals surface area contributed by atoms with Crippen LogP contribution in [0.25, 0.3) is 16.9 Å². The molecule has 0 saturated carbocycles. The van der Waals surface area contributed by atoms with Gasteiger partial charge in [0.15, 0.2) is 0 Å². The van der Waals surface area contributed by atoms with E-state index in [0.29, 0.717) is 18.0 Å². The first-order valence-electron chi connectivity index (χ1n) is 13.4. The highest BCUT2D eigenvalue weighted by Gasteiger charge is 2.20. The van der Waals surface area contributed by atoms with Gasteiger partial charge in [0, 0.05) is 18.1 Å². The minimum Gasteiger partial charge on any atom is -0.467 e. The number of para-hydroxylation sites is 1. The highest BCUT2D eigenvalue weighted by Crippen LogP contribution is 2.25. The average Bonchev–Trinajstić information content (AvgIpc) is 3.61. The molecule has 1 N–H and O–H groups in total. The van der Waals surface area contributed by atoms with E-state index < -0.39 is 0 Å². The normalized spacial score (nSPS) is 10.9. The first-order chi connectivity index (χ1) is 18.6. The minimum absolute atomic E-state index is 0.0476. The summed E-state index contributed by atoms with van der Waals surface area (Å²) in [6, 6.07) is 25.0. The van der Waals surface area contributed by atoms with Crippen molar-refractivity contribution < 1.29 is 14.0 Å². The van der Waals surface area contributed by atoms with Crippen molar-refractivity contribution in [2.75, 3.05) is 11.9 Å². The Bertz CT molecular complexity index is 1270. The molecule has 0 aliphatic heterocycles. The summed E-state index contributed by atoms with van der Waals surface area (Å²) in [5.41, 5.74) is 2.53. The molecule has 0 aliphatic rings. The standard InChI is InChI=1S/C31H36N4O3/c1-2-3-4-5-6-13-20-31(37)34(23-27-19-14-21-38-27)24-30(36)32-29-22-28(25-15-9-7-10-16-25)33-35(29)26-17-11-8-12-18-26/h7-12,14-19,21-22H,2-6,13,20,23-24H2,1H3,(H,32,36). The third-order valence-electron chi connectivity index (χ3n) is 6.41. The second-order valence-electron chi connectivity index (χ2n) is 9.42. The fourth-order valence-corrected chi connectivity index (χ4v) is 4.38. The predicted molar refractivity (Wildman–Crippen MR) is 150 cm³/mol. The van der Waals surface area contributed by atoms with Crippen LogP contribution in [0.1, 0.15) is 57.6 Å². The topological polar surface area (TPSA) is 80.4 Å². The highest BCUT2D eigenvalue weighted by atomic mass is 16.3. The molecule has 0 radical (unpaired) electrons. The van der Waals surface area contributed by atoms with Gasteiger partial charge in [0.1, 0.15) is 18.1 Å². The number of nitrogens with zero attached hydrogens (tertiary/aromatic N) is 3. The van der Waals surface area contributed by atoms with Gasteiger partial charge in [-0.05, 0) is 30.7 Å². The van der Waals surface area contributed by atoms with Gasteiger partial charge in [-0.15, -0.1) is 0 Å². The van der Waals surface area contributed by atoms with Gasteiger partial charge >= 0.3 is 0 Å². The fraction of sp³-hybridized carbons (Fsp3) is 0.323. The van der Waals surface area contributed by atoms with Gasteiger partial charge in [0.05, 0.1) is 24.2 Å². The van der Waals surface area contributed by atoms with E-state index in [1.54, 1.807) is 21.9 Å². The lowest BCUT2D eigenvalue weighted by Gasteiger charge is -2.21. The molecule has 0 atom stereocenters. The Morgan fingerprint density at radius 1 is 0.895 bits per heavy atom. The van der Waals surface area contributed by atoms with Crippen LogP contribution in [0.2, 0.25) is 0 Å². The van der Waals surface area contributed by atoms with E-state index >= 15 is 0 Å². The van der Waals surface area contributed by atoms with E-state index in [1.165, 1.54) is 19.3 Å². The number of hydrogen-bond donors (Lipinski definition) is 1. The molecule has 2 aromatic carbocycles. The summed E-state index contributed by atoms with van der Waals surface area (Å²) >= 11 is 0. The number of anilines is 1. The van der Waals surface area contributed by atoms with Crippen LogP contribution in [0.5, 0.6) is 0 Å². The average molecular weight is 513 g/mol. The second kappa shape index (κ2) is 14.0. The number of unbranched alkanes of at least 4 members (excludes halogenated alkanes) is 5. The summed E-state index contributed by atoms with van der Waals surface area (Å²) < 4.78 is 7.19. The zero-order valence-corrected chi connectivity index (χ0v) is 22.0. The molecule has 7 nitrogen and oxygen atoms in total. The van der Waals surface area contributed by atoms with Crippen LogP contribution in [0.15, 0.2) is 89.5 Å². The molecule has 4 aromatic rings. The van der Waals surface area contributed by atoms with Gasteiger partial charge in [0.2, 0.25) is 11.8 Å². The van der Waals surface area contributed by atoms with Crippen LogP contribution in [0.3, 0.4) is 0 Å². The summed E-state index contributed by atoms with van der Waals surface area (Å²) in [6.45, 7) is 2.37. The number of hydrogen-bond acceptors (Lipinski definition) is 4. The van der Waals surface area contributed by atoms with Gasteiger partial charge in [-0.1, -0.05) is 87.6 Å². The molecule has 0 spiro atoms. The monoisotopic (exact) mass is 512 g/mol. The third-order valence-corrected chi connectivity index (χ3v) is 6.41. The molecule has 2 amide bonds. The molecule has 0 fully saturated rings. The number of aromatic nitrogens is 2. The Labute approximate surface area is 224 Å². The van der Waals surface area contributed by atoms with Crippen LogP contribution in [0, 0.1) is 0 Å². The van der Waals surface area contributed by atoms with Gasteiger partial charge in [0.25, 0.3) is 0 Å². The van der Waals surface area contributed by atoms with E-state index in [4.69, 9.17) is 9.52 Å². The number of rotatable bonds is 14. The van der Waals surface area contributed by atoms with Crippen LogP contribution >= 0.6 is 0 Å². The Balaban J connectivity index is 1.47. The van der Waals surface area contributed by atoms with Crippen molar-refractivity contribution in [2.24, 2.45) is 0 Å². The van der Waals surface area contributed by atoms with E-state index in [1.807, 2.05) is 72.8 Å². The maximum atomic E-state index is 13.3. The van der Waals surface area contributed by atoms with Gasteiger partial charge in [-0.25, -0.2) is 4.68 Å². The summed E-state index contributed by atoms with van der Waals surface area (Å²) in [6.07, 6.45) is 8.59. The zero-order valence-electron chi connectivity index (χ0n) is 22.0. The molecular formula is C31H36N4O3. The van der Waals surface area contributed by atoms with E-state index in [9.17, 15) is 9.59 Å². The van der Waals surface area contributed by atoms with Crippen LogP contribution in [-0.2, 0) is 16.1 Å². The van der Waals surface area contributed by atoms with Crippen molar-refractivity contribution in [3.63, 3.8) is 0 Å². The molecule has 4 rings (SSSR count). The van der Waals surface area contributed by atoms with Crippen molar-refractivity contribution in [3.8, 4) is 16.9 Å².